The topological polar surface area (TPSA) is 144 Å². The van der Waals surface area contributed by atoms with Crippen LogP contribution in [0.1, 0.15) is 91.5 Å². The molecule has 0 spiro atoms. The molecule has 0 amide bonds. The van der Waals surface area contributed by atoms with Crippen LogP contribution in [0, 0.1) is 11.8 Å². The summed E-state index contributed by atoms with van der Waals surface area (Å²) in [7, 11) is 1.38. The van der Waals surface area contributed by atoms with Gasteiger partial charge in [0.05, 0.1) is 12.2 Å². The standard InChI is InChI=1S/C35H52O11/c1-23(2)42-33(38)17-13-8-7-12-16-29-30(21-20-28(37)19-18-27-14-10-9-11-15-27)32(22-31(29)44-25(4)36)46-35(40)43-24(3)34(39)45-26(5)41-6/h7,9-12,14-15,23-24,26,28-32,37H,8,13,16-22H2,1-6H3/b12-7-/t24?,26?,28-,29+,30+,31-,32+/m0/s1. The predicted octanol–water partition coefficient (Wildman–Crippen LogP) is 5.84. The number of allylic oxidation sites excluding steroid dienone is 2. The third kappa shape index (κ3) is 14.8. The molecule has 2 rings (SSSR count). The molecule has 0 saturated heterocycles. The number of esters is 3. The monoisotopic (exact) mass is 648 g/mol. The number of hydrogen-bond acceptors (Lipinski definition) is 11. The maximum Gasteiger partial charge on any atom is 0.509 e. The van der Waals surface area contributed by atoms with Gasteiger partial charge in [0.2, 0.25) is 0 Å². The molecule has 1 N–H and O–H groups in total. The maximum absolute atomic E-state index is 12.8. The molecular weight excluding hydrogens is 596 g/mol. The van der Waals surface area contributed by atoms with E-state index in [0.717, 1.165) is 12.0 Å². The minimum atomic E-state index is -1.23. The number of hydrogen-bond donors (Lipinski definition) is 1. The molecule has 1 saturated carbocycles. The SMILES string of the molecule is COC(C)OC(=O)C(C)OC(=O)O[C@@H]1C[C@H](OC(C)=O)[C@H](C/C=C\CCCC(=O)OC(C)C)[C@H]1CC[C@@H](O)CCc1ccccc1. The quantitative estimate of drug-likeness (QED) is 0.0635. The lowest BCUT2D eigenvalue weighted by Gasteiger charge is -2.26. The number of aliphatic hydroxyl groups excluding tert-OH is 1. The summed E-state index contributed by atoms with van der Waals surface area (Å²) in [5.74, 6) is -1.92. The fourth-order valence-electron chi connectivity index (χ4n) is 5.56. The minimum Gasteiger partial charge on any atom is -0.463 e. The summed E-state index contributed by atoms with van der Waals surface area (Å²) in [6.45, 7) is 7.87. The van der Waals surface area contributed by atoms with Gasteiger partial charge >= 0.3 is 24.1 Å². The van der Waals surface area contributed by atoms with Crippen LogP contribution in [-0.2, 0) is 49.2 Å². The van der Waals surface area contributed by atoms with E-state index in [0.29, 0.717) is 44.9 Å². The molecular formula is C35H52O11. The second-order valence-corrected chi connectivity index (χ2v) is 12.0. The molecule has 11 nitrogen and oxygen atoms in total. The van der Waals surface area contributed by atoms with Crippen molar-refractivity contribution < 1.29 is 52.7 Å². The first-order valence-corrected chi connectivity index (χ1v) is 16.2. The molecule has 1 fully saturated rings. The highest BCUT2D eigenvalue weighted by Gasteiger charge is 2.46. The van der Waals surface area contributed by atoms with Crippen LogP contribution in [0.3, 0.4) is 0 Å². The number of benzene rings is 1. The predicted molar refractivity (Wildman–Crippen MR) is 169 cm³/mol. The van der Waals surface area contributed by atoms with Gasteiger partial charge in [0.15, 0.2) is 12.4 Å². The summed E-state index contributed by atoms with van der Waals surface area (Å²) >= 11 is 0. The van der Waals surface area contributed by atoms with Gasteiger partial charge in [-0.05, 0) is 78.2 Å². The molecule has 1 aromatic carbocycles. The van der Waals surface area contributed by atoms with Gasteiger partial charge in [-0.3, -0.25) is 9.59 Å². The largest absolute Gasteiger partial charge is 0.509 e. The van der Waals surface area contributed by atoms with Crippen LogP contribution in [0.2, 0.25) is 0 Å². The summed E-state index contributed by atoms with van der Waals surface area (Å²) in [6.07, 6.45) is 3.61. The van der Waals surface area contributed by atoms with E-state index < -0.39 is 48.8 Å². The van der Waals surface area contributed by atoms with E-state index >= 15 is 0 Å². The van der Waals surface area contributed by atoms with Crippen molar-refractivity contribution in [3.63, 3.8) is 0 Å². The van der Waals surface area contributed by atoms with Gasteiger partial charge in [0.25, 0.3) is 0 Å². The van der Waals surface area contributed by atoms with Crippen LogP contribution in [0.4, 0.5) is 4.79 Å². The molecule has 1 aliphatic rings. The Morgan fingerprint density at radius 2 is 1.61 bits per heavy atom. The fraction of sp³-hybridized carbons (Fsp3) is 0.657. The van der Waals surface area contributed by atoms with Crippen molar-refractivity contribution in [3.8, 4) is 0 Å². The summed E-state index contributed by atoms with van der Waals surface area (Å²) < 4.78 is 31.8. The number of aliphatic hydroxyl groups is 1. The van der Waals surface area contributed by atoms with Crippen molar-refractivity contribution >= 4 is 24.1 Å². The molecule has 0 bridgehead atoms. The van der Waals surface area contributed by atoms with Crippen molar-refractivity contribution in [2.75, 3.05) is 7.11 Å². The molecule has 0 aromatic heterocycles. The third-order valence-corrected chi connectivity index (χ3v) is 7.89. The van der Waals surface area contributed by atoms with Crippen molar-refractivity contribution in [2.45, 2.75) is 129 Å². The second kappa shape index (κ2) is 20.6. The Balaban J connectivity index is 2.11. The molecule has 1 aliphatic carbocycles. The summed E-state index contributed by atoms with van der Waals surface area (Å²) in [6, 6.07) is 9.91. The van der Waals surface area contributed by atoms with E-state index in [1.807, 2.05) is 56.3 Å². The average Bonchev–Trinajstić information content (AvgIpc) is 3.30. The van der Waals surface area contributed by atoms with Gasteiger partial charge in [0.1, 0.15) is 12.2 Å². The number of unbranched alkanes of at least 4 members (excludes halogenated alkanes) is 1. The number of aryl methyl sites for hydroxylation is 1. The zero-order chi connectivity index (χ0) is 34.1. The number of ether oxygens (including phenoxy) is 6. The maximum atomic E-state index is 12.8. The Labute approximate surface area is 272 Å². The summed E-state index contributed by atoms with van der Waals surface area (Å²) in [5, 5.41) is 10.9. The van der Waals surface area contributed by atoms with Crippen molar-refractivity contribution in [1.29, 1.82) is 0 Å². The van der Waals surface area contributed by atoms with E-state index in [1.165, 1.54) is 27.9 Å². The summed E-state index contributed by atoms with van der Waals surface area (Å²) in [5.41, 5.74) is 1.13. The molecule has 0 radical (unpaired) electrons. The Morgan fingerprint density at radius 3 is 2.26 bits per heavy atom. The smallest absolute Gasteiger partial charge is 0.463 e. The number of rotatable bonds is 19. The number of carbonyl (C=O) groups excluding carboxylic acids is 4. The normalized spacial score (nSPS) is 21.4. The molecule has 258 valence electrons. The highest BCUT2D eigenvalue weighted by atomic mass is 16.8. The van der Waals surface area contributed by atoms with E-state index in [2.05, 4.69) is 0 Å². The Bertz CT molecular complexity index is 1100. The van der Waals surface area contributed by atoms with Crippen molar-refractivity contribution in [2.24, 2.45) is 11.8 Å². The number of carbonyl (C=O) groups is 4. The van der Waals surface area contributed by atoms with Gasteiger partial charge in [-0.25, -0.2) is 9.59 Å². The van der Waals surface area contributed by atoms with Gasteiger partial charge in [-0.15, -0.1) is 0 Å². The van der Waals surface area contributed by atoms with E-state index in [-0.39, 0.29) is 30.3 Å². The minimum absolute atomic E-state index is 0.152. The molecule has 7 atom stereocenters. The molecule has 0 heterocycles. The van der Waals surface area contributed by atoms with Gasteiger partial charge in [0, 0.05) is 38.7 Å². The zero-order valence-corrected chi connectivity index (χ0v) is 28.1. The lowest BCUT2D eigenvalue weighted by atomic mass is 9.85. The first-order chi connectivity index (χ1) is 21.9. The lowest BCUT2D eigenvalue weighted by Crippen LogP contribution is -2.32. The van der Waals surface area contributed by atoms with Crippen LogP contribution in [-0.4, -0.2) is 73.1 Å². The van der Waals surface area contributed by atoms with Crippen LogP contribution >= 0.6 is 0 Å². The summed E-state index contributed by atoms with van der Waals surface area (Å²) in [4.78, 5) is 48.9. The Kier molecular flexibility index (Phi) is 17.4. The molecule has 1 aromatic rings. The molecule has 2 unspecified atom stereocenters. The number of methoxy groups -OCH3 is 1. The molecule has 0 aliphatic heterocycles. The van der Waals surface area contributed by atoms with Gasteiger partial charge < -0.3 is 33.5 Å². The van der Waals surface area contributed by atoms with E-state index in [4.69, 9.17) is 28.4 Å². The molecule has 46 heavy (non-hydrogen) atoms. The Hall–Kier alpha value is -3.44. The van der Waals surface area contributed by atoms with Crippen molar-refractivity contribution in [3.05, 3.63) is 48.0 Å². The van der Waals surface area contributed by atoms with Crippen molar-refractivity contribution in [1.82, 2.24) is 0 Å². The first-order valence-electron chi connectivity index (χ1n) is 16.2. The second-order valence-electron chi connectivity index (χ2n) is 12.0. The van der Waals surface area contributed by atoms with Crippen LogP contribution in [0.5, 0.6) is 0 Å². The Morgan fingerprint density at radius 1 is 0.913 bits per heavy atom. The van der Waals surface area contributed by atoms with Gasteiger partial charge in [-0.1, -0.05) is 42.5 Å². The first kappa shape index (κ1) is 38.7. The lowest BCUT2D eigenvalue weighted by molar-refractivity contribution is -0.180. The highest BCUT2D eigenvalue weighted by molar-refractivity contribution is 5.77. The van der Waals surface area contributed by atoms with Gasteiger partial charge in [-0.2, -0.15) is 0 Å². The van der Waals surface area contributed by atoms with Crippen LogP contribution < -0.4 is 0 Å². The van der Waals surface area contributed by atoms with E-state index in [9.17, 15) is 24.3 Å². The van der Waals surface area contributed by atoms with Crippen LogP contribution in [0.25, 0.3) is 0 Å². The average molecular weight is 649 g/mol. The van der Waals surface area contributed by atoms with E-state index in [1.54, 1.807) is 0 Å². The molecule has 11 heteroatoms. The fourth-order valence-corrected chi connectivity index (χ4v) is 5.56. The highest BCUT2D eigenvalue weighted by Crippen LogP contribution is 2.42. The van der Waals surface area contributed by atoms with Crippen LogP contribution in [0.15, 0.2) is 42.5 Å². The zero-order valence-electron chi connectivity index (χ0n) is 28.1. The third-order valence-electron chi connectivity index (χ3n) is 7.89.